The number of carbonyl (C=O) groups excluding carboxylic acids is 1. The van der Waals surface area contributed by atoms with Crippen molar-refractivity contribution in [3.63, 3.8) is 0 Å². The Labute approximate surface area is 167 Å². The Morgan fingerprint density at radius 1 is 1.36 bits per heavy atom. The summed E-state index contributed by atoms with van der Waals surface area (Å²) in [5.41, 5.74) is 0. The Morgan fingerprint density at radius 2 is 2.32 bits per heavy atom. The number of hydrogen-bond donors (Lipinski definition) is 1. The van der Waals surface area contributed by atoms with Crippen molar-refractivity contribution in [1.82, 2.24) is 20.4 Å². The highest BCUT2D eigenvalue weighted by Crippen LogP contribution is 2.20. The van der Waals surface area contributed by atoms with Gasteiger partial charge in [-0.3, -0.25) is 9.69 Å². The maximum absolute atomic E-state index is 12.2. The summed E-state index contributed by atoms with van der Waals surface area (Å²) in [6.07, 6.45) is 4.67. The van der Waals surface area contributed by atoms with Crippen molar-refractivity contribution in [3.05, 3.63) is 46.7 Å². The van der Waals surface area contributed by atoms with Crippen LogP contribution in [0.15, 0.2) is 44.8 Å². The number of carbonyl (C=O) groups is 1. The van der Waals surface area contributed by atoms with Gasteiger partial charge in [0.1, 0.15) is 0 Å². The molecule has 0 aromatic carbocycles. The molecule has 0 radical (unpaired) electrons. The minimum absolute atomic E-state index is 0.0214. The number of thiophene rings is 1. The number of rotatable bonds is 8. The monoisotopic (exact) mass is 400 g/mol. The predicted molar refractivity (Wildman–Crippen MR) is 106 cm³/mol. The molecule has 3 aromatic rings. The first-order chi connectivity index (χ1) is 13.8. The van der Waals surface area contributed by atoms with Crippen molar-refractivity contribution in [2.24, 2.45) is 5.92 Å². The normalized spacial score (nSPS) is 17.6. The number of aromatic nitrogens is 2. The molecule has 4 heterocycles. The second kappa shape index (κ2) is 9.16. The Balaban J connectivity index is 1.18. The van der Waals surface area contributed by atoms with Crippen molar-refractivity contribution in [2.75, 3.05) is 19.6 Å². The van der Waals surface area contributed by atoms with Gasteiger partial charge in [-0.05, 0) is 48.9 Å². The van der Waals surface area contributed by atoms with Crippen LogP contribution in [0, 0.1) is 5.92 Å². The van der Waals surface area contributed by atoms with Crippen LogP contribution in [0.4, 0.5) is 0 Å². The molecule has 8 heteroatoms. The van der Waals surface area contributed by atoms with Gasteiger partial charge in [-0.25, -0.2) is 0 Å². The highest BCUT2D eigenvalue weighted by molar-refractivity contribution is 7.09. The molecule has 1 aliphatic rings. The van der Waals surface area contributed by atoms with E-state index in [4.69, 9.17) is 8.94 Å². The minimum Gasteiger partial charge on any atom is -0.461 e. The first-order valence-electron chi connectivity index (χ1n) is 9.64. The van der Waals surface area contributed by atoms with E-state index in [1.807, 2.05) is 0 Å². The van der Waals surface area contributed by atoms with Crippen LogP contribution in [-0.2, 0) is 17.8 Å². The highest BCUT2D eigenvalue weighted by Gasteiger charge is 2.21. The molecule has 1 saturated heterocycles. The summed E-state index contributed by atoms with van der Waals surface area (Å²) in [4.78, 5) is 20.4. The van der Waals surface area contributed by atoms with Gasteiger partial charge >= 0.3 is 0 Å². The summed E-state index contributed by atoms with van der Waals surface area (Å²) >= 11 is 1.80. The van der Waals surface area contributed by atoms with Crippen LogP contribution in [0.5, 0.6) is 0 Å². The third-order valence-electron chi connectivity index (χ3n) is 4.93. The van der Waals surface area contributed by atoms with Gasteiger partial charge in [-0.2, -0.15) is 4.98 Å². The van der Waals surface area contributed by atoms with E-state index in [1.165, 1.54) is 11.3 Å². The molecule has 0 aliphatic carbocycles. The van der Waals surface area contributed by atoms with Crippen molar-refractivity contribution >= 4 is 17.2 Å². The van der Waals surface area contributed by atoms with Crippen LogP contribution in [0.3, 0.4) is 0 Å². The van der Waals surface area contributed by atoms with Gasteiger partial charge in [0.05, 0.1) is 6.26 Å². The lowest BCUT2D eigenvalue weighted by Gasteiger charge is -2.32. The third-order valence-corrected chi connectivity index (χ3v) is 5.79. The maximum Gasteiger partial charge on any atom is 0.238 e. The quantitative estimate of drug-likeness (QED) is 0.624. The molecule has 1 amide bonds. The zero-order chi connectivity index (χ0) is 19.2. The van der Waals surface area contributed by atoms with Crippen molar-refractivity contribution in [2.45, 2.75) is 32.2 Å². The molecule has 28 heavy (non-hydrogen) atoms. The van der Waals surface area contributed by atoms with Crippen molar-refractivity contribution in [1.29, 1.82) is 0 Å². The van der Waals surface area contributed by atoms with Crippen LogP contribution in [0.2, 0.25) is 0 Å². The summed E-state index contributed by atoms with van der Waals surface area (Å²) < 4.78 is 10.4. The number of nitrogens with zero attached hydrogens (tertiary/aromatic N) is 3. The molecule has 4 rings (SSSR count). The first kappa shape index (κ1) is 18.9. The second-order valence-electron chi connectivity index (χ2n) is 7.12. The summed E-state index contributed by atoms with van der Waals surface area (Å²) in [7, 11) is 0. The van der Waals surface area contributed by atoms with Crippen LogP contribution in [-0.4, -0.2) is 40.6 Å². The minimum atomic E-state index is 0.0214. The smallest absolute Gasteiger partial charge is 0.238 e. The predicted octanol–water partition coefficient (Wildman–Crippen LogP) is 3.35. The molecule has 0 bridgehead atoms. The summed E-state index contributed by atoms with van der Waals surface area (Å²) in [6, 6.07) is 7.83. The molecule has 1 atom stereocenters. The Bertz CT molecular complexity index is 860. The fourth-order valence-electron chi connectivity index (χ4n) is 3.51. The van der Waals surface area contributed by atoms with Gasteiger partial charge < -0.3 is 14.3 Å². The zero-order valence-electron chi connectivity index (χ0n) is 15.7. The van der Waals surface area contributed by atoms with E-state index in [2.05, 4.69) is 37.9 Å². The van der Waals surface area contributed by atoms with E-state index in [-0.39, 0.29) is 5.91 Å². The lowest BCUT2D eigenvalue weighted by Crippen LogP contribution is -2.40. The maximum atomic E-state index is 12.2. The fraction of sp³-hybridized carbons (Fsp3) is 0.450. The number of amides is 1. The molecule has 1 unspecified atom stereocenters. The molecule has 7 nitrogen and oxygen atoms in total. The van der Waals surface area contributed by atoms with E-state index in [0.717, 1.165) is 32.6 Å². The average Bonchev–Trinajstić information content (AvgIpc) is 3.47. The Hall–Kier alpha value is -2.45. The first-order valence-corrected chi connectivity index (χ1v) is 10.5. The van der Waals surface area contributed by atoms with Crippen LogP contribution >= 0.6 is 11.3 Å². The standard InChI is InChI=1S/C20H24N4O3S/c25-18(7-8-19-22-20(23-27-19)17-6-2-10-26-17)21-12-15-4-1-9-24(13-15)14-16-5-3-11-28-16/h2-3,5-6,10-11,15H,1,4,7-9,12-14H2,(H,21,25). The van der Waals surface area contributed by atoms with Crippen molar-refractivity contribution < 1.29 is 13.7 Å². The number of nitrogens with one attached hydrogen (secondary N) is 1. The SMILES string of the molecule is O=C(CCc1nc(-c2ccco2)no1)NCC1CCCN(Cc2cccs2)C1. The van der Waals surface area contributed by atoms with Crippen LogP contribution in [0.1, 0.15) is 30.0 Å². The van der Waals surface area contributed by atoms with Gasteiger partial charge in [0.25, 0.3) is 0 Å². The molecular formula is C20H24N4O3S. The van der Waals surface area contributed by atoms with Gasteiger partial charge in [0.2, 0.25) is 17.6 Å². The number of hydrogen-bond acceptors (Lipinski definition) is 7. The number of piperidine rings is 1. The van der Waals surface area contributed by atoms with E-state index in [1.54, 1.807) is 29.7 Å². The molecule has 1 fully saturated rings. The van der Waals surface area contributed by atoms with Crippen LogP contribution in [0.25, 0.3) is 11.6 Å². The van der Waals surface area contributed by atoms with Gasteiger partial charge in [0.15, 0.2) is 5.76 Å². The molecule has 3 aromatic heterocycles. The highest BCUT2D eigenvalue weighted by atomic mass is 32.1. The van der Waals surface area contributed by atoms with Gasteiger partial charge in [-0.15, -0.1) is 11.3 Å². The molecular weight excluding hydrogens is 376 g/mol. The zero-order valence-corrected chi connectivity index (χ0v) is 16.5. The topological polar surface area (TPSA) is 84.4 Å². The van der Waals surface area contributed by atoms with Crippen molar-refractivity contribution in [3.8, 4) is 11.6 Å². The third kappa shape index (κ3) is 5.08. The summed E-state index contributed by atoms with van der Waals surface area (Å²) in [6.45, 7) is 3.91. The Morgan fingerprint density at radius 3 is 3.14 bits per heavy atom. The molecule has 1 aliphatic heterocycles. The number of furan rings is 1. The van der Waals surface area contributed by atoms with Gasteiger partial charge in [-0.1, -0.05) is 11.2 Å². The fourth-order valence-corrected chi connectivity index (χ4v) is 4.26. The number of likely N-dealkylation sites (tertiary alicyclic amines) is 1. The second-order valence-corrected chi connectivity index (χ2v) is 8.15. The lowest BCUT2D eigenvalue weighted by atomic mass is 9.98. The van der Waals surface area contributed by atoms with Crippen LogP contribution < -0.4 is 5.32 Å². The number of aryl methyl sites for hydroxylation is 1. The molecule has 1 N–H and O–H groups in total. The average molecular weight is 401 g/mol. The largest absolute Gasteiger partial charge is 0.461 e. The Kier molecular flexibility index (Phi) is 6.18. The lowest BCUT2D eigenvalue weighted by molar-refractivity contribution is -0.121. The van der Waals surface area contributed by atoms with E-state index in [9.17, 15) is 4.79 Å². The van der Waals surface area contributed by atoms with E-state index >= 15 is 0 Å². The summed E-state index contributed by atoms with van der Waals surface area (Å²) in [5.74, 6) is 1.94. The summed E-state index contributed by atoms with van der Waals surface area (Å²) in [5, 5.41) is 9.07. The molecule has 0 saturated carbocycles. The molecule has 0 spiro atoms. The molecule has 148 valence electrons. The van der Waals surface area contributed by atoms with E-state index in [0.29, 0.717) is 36.2 Å². The van der Waals surface area contributed by atoms with E-state index < -0.39 is 0 Å². The van der Waals surface area contributed by atoms with Gasteiger partial charge in [0, 0.05) is 37.4 Å².